The quantitative estimate of drug-likeness (QED) is 0.910. The second kappa shape index (κ2) is 6.12. The number of hydrogen-bond acceptors (Lipinski definition) is 3. The second-order valence-corrected chi connectivity index (χ2v) is 7.01. The van der Waals surface area contributed by atoms with Crippen molar-refractivity contribution >= 4 is 32.6 Å². The number of amides is 1. The zero-order valence-electron chi connectivity index (χ0n) is 12.7. The van der Waals surface area contributed by atoms with Crippen LogP contribution in [0.15, 0.2) is 12.1 Å². The molecule has 1 aliphatic rings. The monoisotopic (exact) mass is 304 g/mol. The number of nitrogens with zero attached hydrogens (tertiary/aromatic N) is 1. The number of fused-ring (bicyclic) bond motifs is 1. The van der Waals surface area contributed by atoms with E-state index in [-0.39, 0.29) is 5.91 Å². The average molecular weight is 304 g/mol. The van der Waals surface area contributed by atoms with Crippen LogP contribution >= 0.6 is 11.3 Å². The van der Waals surface area contributed by atoms with Gasteiger partial charge in [-0.25, -0.2) is 4.98 Å². The van der Waals surface area contributed by atoms with Gasteiger partial charge in [0, 0.05) is 0 Å². The Morgan fingerprint density at radius 3 is 2.81 bits per heavy atom. The Labute approximate surface area is 129 Å². The van der Waals surface area contributed by atoms with Crippen molar-refractivity contribution in [2.24, 2.45) is 0 Å². The Kier molecular flexibility index (Phi) is 4.22. The SMILES string of the molecule is Cc1cc(C)c2nc(NC(=O)C[NH+]3CCCCC3)sc2c1. The molecular formula is C16H22N3OS+. The highest BCUT2D eigenvalue weighted by atomic mass is 32.1. The number of hydrogen-bond donors (Lipinski definition) is 2. The first-order valence-electron chi connectivity index (χ1n) is 7.63. The third kappa shape index (κ3) is 3.41. The van der Waals surface area contributed by atoms with Crippen LogP contribution in [0, 0.1) is 13.8 Å². The summed E-state index contributed by atoms with van der Waals surface area (Å²) in [5.74, 6) is 0.0836. The molecule has 0 bridgehead atoms. The van der Waals surface area contributed by atoms with Gasteiger partial charge in [-0.15, -0.1) is 0 Å². The normalized spacial score (nSPS) is 16.3. The Morgan fingerprint density at radius 1 is 1.29 bits per heavy atom. The second-order valence-electron chi connectivity index (χ2n) is 5.98. The van der Waals surface area contributed by atoms with Crippen LogP contribution in [0.2, 0.25) is 0 Å². The van der Waals surface area contributed by atoms with Crippen LogP contribution in [-0.2, 0) is 4.79 Å². The van der Waals surface area contributed by atoms with E-state index in [1.54, 1.807) is 11.3 Å². The lowest BCUT2D eigenvalue weighted by molar-refractivity contribution is -0.896. The summed E-state index contributed by atoms with van der Waals surface area (Å²) >= 11 is 1.56. The van der Waals surface area contributed by atoms with Gasteiger partial charge in [-0.2, -0.15) is 0 Å². The van der Waals surface area contributed by atoms with Crippen LogP contribution in [0.5, 0.6) is 0 Å². The molecule has 2 heterocycles. The highest BCUT2D eigenvalue weighted by molar-refractivity contribution is 7.22. The number of aryl methyl sites for hydroxylation is 2. The molecule has 1 fully saturated rings. The first-order valence-corrected chi connectivity index (χ1v) is 8.44. The van der Waals surface area contributed by atoms with E-state index in [1.165, 1.54) is 35.3 Å². The summed E-state index contributed by atoms with van der Waals surface area (Å²) < 4.78 is 1.15. The maximum atomic E-state index is 12.1. The molecule has 3 rings (SSSR count). The van der Waals surface area contributed by atoms with E-state index in [4.69, 9.17) is 0 Å². The number of piperidine rings is 1. The molecule has 1 amide bonds. The number of nitrogens with one attached hydrogen (secondary N) is 2. The largest absolute Gasteiger partial charge is 0.327 e. The molecule has 4 nitrogen and oxygen atoms in total. The minimum atomic E-state index is 0.0836. The van der Waals surface area contributed by atoms with Crippen LogP contribution < -0.4 is 10.2 Å². The summed E-state index contributed by atoms with van der Waals surface area (Å²) in [5, 5.41) is 3.70. The number of benzene rings is 1. The number of carbonyl (C=O) groups excluding carboxylic acids is 1. The Morgan fingerprint density at radius 2 is 2.05 bits per heavy atom. The molecule has 0 atom stereocenters. The van der Waals surface area contributed by atoms with Crippen LogP contribution in [0.25, 0.3) is 10.2 Å². The fraction of sp³-hybridized carbons (Fsp3) is 0.500. The summed E-state index contributed by atoms with van der Waals surface area (Å²) in [5.41, 5.74) is 3.41. The van der Waals surface area contributed by atoms with Crippen LogP contribution in [0.3, 0.4) is 0 Å². The molecule has 0 spiro atoms. The molecule has 1 saturated heterocycles. The smallest absolute Gasteiger partial charge is 0.281 e. The van der Waals surface area contributed by atoms with Gasteiger partial charge in [0.2, 0.25) is 0 Å². The van der Waals surface area contributed by atoms with Gasteiger partial charge in [0.25, 0.3) is 5.91 Å². The van der Waals surface area contributed by atoms with E-state index in [0.717, 1.165) is 28.4 Å². The zero-order chi connectivity index (χ0) is 14.8. The molecule has 2 aromatic rings. The van der Waals surface area contributed by atoms with E-state index in [9.17, 15) is 4.79 Å². The summed E-state index contributed by atoms with van der Waals surface area (Å²) in [6, 6.07) is 4.26. The van der Waals surface area contributed by atoms with Crippen molar-refractivity contribution in [3.05, 3.63) is 23.3 Å². The van der Waals surface area contributed by atoms with E-state index in [1.807, 2.05) is 0 Å². The van der Waals surface area contributed by atoms with Gasteiger partial charge in [-0.05, 0) is 50.3 Å². The van der Waals surface area contributed by atoms with E-state index in [0.29, 0.717) is 6.54 Å². The maximum Gasteiger partial charge on any atom is 0.281 e. The summed E-state index contributed by atoms with van der Waals surface area (Å²) in [6.07, 6.45) is 3.78. The fourth-order valence-electron chi connectivity index (χ4n) is 3.04. The highest BCUT2D eigenvalue weighted by Gasteiger charge is 2.18. The molecule has 5 heteroatoms. The third-order valence-corrected chi connectivity index (χ3v) is 4.97. The van der Waals surface area contributed by atoms with Crippen LogP contribution in [0.1, 0.15) is 30.4 Å². The molecule has 1 aromatic heterocycles. The molecule has 1 aromatic carbocycles. The van der Waals surface area contributed by atoms with Crippen LogP contribution in [-0.4, -0.2) is 30.5 Å². The van der Waals surface area contributed by atoms with Gasteiger partial charge in [0.1, 0.15) is 0 Å². The minimum absolute atomic E-state index is 0.0836. The van der Waals surface area contributed by atoms with Gasteiger partial charge in [-0.3, -0.25) is 10.1 Å². The number of thiazole rings is 1. The van der Waals surface area contributed by atoms with Crippen molar-refractivity contribution in [3.8, 4) is 0 Å². The number of aromatic nitrogens is 1. The average Bonchev–Trinajstić information content (AvgIpc) is 2.82. The zero-order valence-corrected chi connectivity index (χ0v) is 13.5. The predicted octanol–water partition coefficient (Wildman–Crippen LogP) is 1.92. The van der Waals surface area contributed by atoms with Crippen LogP contribution in [0.4, 0.5) is 5.13 Å². The molecule has 2 N–H and O–H groups in total. The standard InChI is InChI=1S/C16H21N3OS/c1-11-8-12(2)15-13(9-11)21-16(18-15)17-14(20)10-19-6-4-3-5-7-19/h8-9H,3-7,10H2,1-2H3,(H,17,18,20)/p+1. The van der Waals surface area contributed by atoms with E-state index >= 15 is 0 Å². The predicted molar refractivity (Wildman–Crippen MR) is 87.1 cm³/mol. The van der Waals surface area contributed by atoms with Gasteiger partial charge in [-0.1, -0.05) is 17.4 Å². The maximum absolute atomic E-state index is 12.1. The lowest BCUT2D eigenvalue weighted by atomic mass is 10.1. The van der Waals surface area contributed by atoms with Gasteiger partial charge in [0.05, 0.1) is 23.3 Å². The van der Waals surface area contributed by atoms with Gasteiger partial charge >= 0.3 is 0 Å². The molecule has 1 aliphatic heterocycles. The fourth-order valence-corrected chi connectivity index (χ4v) is 4.10. The number of carbonyl (C=O) groups is 1. The minimum Gasteiger partial charge on any atom is -0.327 e. The topological polar surface area (TPSA) is 46.4 Å². The Balaban J connectivity index is 1.69. The molecule has 0 radical (unpaired) electrons. The third-order valence-electron chi connectivity index (χ3n) is 4.05. The van der Waals surface area contributed by atoms with Crippen molar-refractivity contribution in [2.75, 3.05) is 25.0 Å². The molecule has 0 aliphatic carbocycles. The number of anilines is 1. The van der Waals surface area contributed by atoms with E-state index < -0.39 is 0 Å². The lowest BCUT2D eigenvalue weighted by Crippen LogP contribution is -3.13. The Bertz CT molecular complexity index is 659. The molecule has 0 saturated carbocycles. The number of likely N-dealkylation sites (tertiary alicyclic amines) is 1. The van der Waals surface area contributed by atoms with Gasteiger partial charge in [0.15, 0.2) is 11.7 Å². The van der Waals surface area contributed by atoms with Gasteiger partial charge < -0.3 is 4.90 Å². The Hall–Kier alpha value is -1.46. The van der Waals surface area contributed by atoms with Crippen molar-refractivity contribution in [1.82, 2.24) is 4.98 Å². The summed E-state index contributed by atoms with van der Waals surface area (Å²) in [4.78, 5) is 18.1. The summed E-state index contributed by atoms with van der Waals surface area (Å²) in [7, 11) is 0. The molecule has 0 unspecified atom stereocenters. The van der Waals surface area contributed by atoms with Crippen molar-refractivity contribution in [1.29, 1.82) is 0 Å². The molecule has 21 heavy (non-hydrogen) atoms. The summed E-state index contributed by atoms with van der Waals surface area (Å²) in [6.45, 7) is 6.95. The lowest BCUT2D eigenvalue weighted by Gasteiger charge is -2.22. The number of rotatable bonds is 3. The van der Waals surface area contributed by atoms with E-state index in [2.05, 4.69) is 36.3 Å². The highest BCUT2D eigenvalue weighted by Crippen LogP contribution is 2.29. The van der Waals surface area contributed by atoms with Crippen molar-refractivity contribution in [2.45, 2.75) is 33.1 Å². The number of quaternary nitrogens is 1. The molecule has 112 valence electrons. The first kappa shape index (κ1) is 14.5. The molecular weight excluding hydrogens is 282 g/mol. The van der Waals surface area contributed by atoms with Crippen molar-refractivity contribution in [3.63, 3.8) is 0 Å². The first-order chi connectivity index (χ1) is 10.1. The van der Waals surface area contributed by atoms with Crippen molar-refractivity contribution < 1.29 is 9.69 Å².